The van der Waals surface area contributed by atoms with Crippen molar-refractivity contribution in [2.24, 2.45) is 5.41 Å². The minimum absolute atomic E-state index is 0.143. The van der Waals surface area contributed by atoms with Gasteiger partial charge in [-0.1, -0.05) is 32.0 Å². The van der Waals surface area contributed by atoms with E-state index in [1.165, 1.54) is 18.6 Å². The van der Waals surface area contributed by atoms with Crippen LogP contribution in [0.15, 0.2) is 21.6 Å². The van der Waals surface area contributed by atoms with Gasteiger partial charge in [-0.15, -0.1) is 11.3 Å². The molecule has 18 heteroatoms. The monoisotopic (exact) mass is 613 g/mol. The summed E-state index contributed by atoms with van der Waals surface area (Å²) in [5.74, 6) is -3.84. The van der Waals surface area contributed by atoms with Crippen molar-refractivity contribution in [1.82, 2.24) is 19.8 Å². The van der Waals surface area contributed by atoms with Gasteiger partial charge in [-0.2, -0.15) is 22.9 Å². The first-order chi connectivity index (χ1) is 18.4. The molecule has 0 spiro atoms. The predicted molar refractivity (Wildman–Crippen MR) is 124 cm³/mol. The molecule has 0 aliphatic rings. The fourth-order valence-electron chi connectivity index (χ4n) is 3.39. The molecule has 3 rings (SSSR count). The molecule has 1 aromatic carbocycles. The summed E-state index contributed by atoms with van der Waals surface area (Å²) in [6.45, 7) is 3.69. The van der Waals surface area contributed by atoms with Crippen molar-refractivity contribution in [2.75, 3.05) is 0 Å². The van der Waals surface area contributed by atoms with E-state index in [1.807, 2.05) is 0 Å². The van der Waals surface area contributed by atoms with Gasteiger partial charge >= 0.3 is 6.18 Å². The maximum absolute atomic E-state index is 15.2. The average Bonchev–Trinajstić information content (AvgIpc) is 3.47. The summed E-state index contributed by atoms with van der Waals surface area (Å²) in [6, 6.07) is -1.40. The van der Waals surface area contributed by atoms with Crippen LogP contribution in [0.25, 0.3) is 21.3 Å². The highest BCUT2D eigenvalue weighted by atomic mass is 32.2. The lowest BCUT2D eigenvalue weighted by atomic mass is 9.90. The molecule has 1 atom stereocenters. The number of alkyl halides is 5. The number of sulfonamides is 1. The SMILES string of the molecule is CCC(NS(=O)(=O)c1ccc(-c2sc(-c3noc(CC(C)(C)C(=O)[O-])n3)nc2C=O)c(C(F)F)c1F)C(F)(F)F. The number of carbonyl (C=O) groups excluding carboxylic acids is 2. The van der Waals surface area contributed by atoms with E-state index in [-0.39, 0.29) is 34.3 Å². The number of carboxylic acid groups (broad SMARTS) is 1. The zero-order chi connectivity index (χ0) is 30.2. The third kappa shape index (κ3) is 6.33. The van der Waals surface area contributed by atoms with Gasteiger partial charge in [0.25, 0.3) is 6.43 Å². The normalized spacial score (nSPS) is 13.6. The highest BCUT2D eigenvalue weighted by molar-refractivity contribution is 7.89. The predicted octanol–water partition coefficient (Wildman–Crippen LogP) is 3.69. The van der Waals surface area contributed by atoms with Crippen LogP contribution in [0, 0.1) is 11.2 Å². The standard InChI is InChI=1S/C22H20F6N4O6S2/c1-4-12(22(26,27)28)32-40(36,37)11-6-5-9(14(15(11)23)17(24)25)16-10(8-33)29-19(39-16)18-30-13(38-31-18)7-21(2,3)20(34)35/h5-6,8,12,17,32H,4,7H2,1-3H3,(H,34,35)/p-1. The fraction of sp³-hybridized carbons (Fsp3) is 0.409. The van der Waals surface area contributed by atoms with E-state index in [2.05, 4.69) is 15.1 Å². The molecule has 1 N–H and O–H groups in total. The Balaban J connectivity index is 2.08. The first-order valence-electron chi connectivity index (χ1n) is 11.1. The van der Waals surface area contributed by atoms with E-state index in [1.54, 1.807) is 0 Å². The van der Waals surface area contributed by atoms with E-state index in [4.69, 9.17) is 4.52 Å². The van der Waals surface area contributed by atoms with Gasteiger partial charge in [0.1, 0.15) is 16.6 Å². The molecule has 0 amide bonds. The zero-order valence-electron chi connectivity index (χ0n) is 20.7. The summed E-state index contributed by atoms with van der Waals surface area (Å²) in [6.07, 6.45) is -9.55. The van der Waals surface area contributed by atoms with Crippen LogP contribution in [-0.4, -0.2) is 48.0 Å². The molecule has 0 saturated carbocycles. The summed E-state index contributed by atoms with van der Waals surface area (Å²) in [7, 11) is -5.25. The maximum atomic E-state index is 15.2. The van der Waals surface area contributed by atoms with E-state index in [0.29, 0.717) is 23.5 Å². The van der Waals surface area contributed by atoms with Gasteiger partial charge in [0.05, 0.1) is 10.4 Å². The van der Waals surface area contributed by atoms with Gasteiger partial charge in [-0.25, -0.2) is 26.6 Å². The van der Waals surface area contributed by atoms with Crippen molar-refractivity contribution < 1.29 is 54.0 Å². The largest absolute Gasteiger partial charge is 0.550 e. The van der Waals surface area contributed by atoms with Crippen molar-refractivity contribution in [3.8, 4) is 21.3 Å². The number of aliphatic carboxylic acids is 1. The number of hydrogen-bond donors (Lipinski definition) is 1. The highest BCUT2D eigenvalue weighted by Gasteiger charge is 2.42. The second kappa shape index (κ2) is 11.2. The average molecular weight is 614 g/mol. The molecule has 0 fully saturated rings. The molecule has 2 aromatic heterocycles. The number of benzene rings is 1. The molecule has 40 heavy (non-hydrogen) atoms. The lowest BCUT2D eigenvalue weighted by Crippen LogP contribution is -2.45. The van der Waals surface area contributed by atoms with E-state index >= 15 is 4.39 Å². The zero-order valence-corrected chi connectivity index (χ0v) is 22.3. The number of thiazole rings is 1. The number of carbonyl (C=O) groups is 2. The summed E-state index contributed by atoms with van der Waals surface area (Å²) in [4.78, 5) is 29.0. The van der Waals surface area contributed by atoms with Crippen LogP contribution in [0.4, 0.5) is 26.3 Å². The Morgan fingerprint density at radius 3 is 2.40 bits per heavy atom. The van der Waals surface area contributed by atoms with Crippen LogP contribution >= 0.6 is 11.3 Å². The van der Waals surface area contributed by atoms with Crippen molar-refractivity contribution in [3.05, 3.63) is 35.1 Å². The molecule has 0 saturated heterocycles. The molecule has 0 radical (unpaired) electrons. The second-order valence-electron chi connectivity index (χ2n) is 8.97. The summed E-state index contributed by atoms with van der Waals surface area (Å²) < 4.78 is 114. The van der Waals surface area contributed by atoms with Crippen LogP contribution < -0.4 is 9.83 Å². The number of nitrogens with one attached hydrogen (secondary N) is 1. The molecular formula is C22H19F6N4O6S2-. The van der Waals surface area contributed by atoms with E-state index in [9.17, 15) is 45.1 Å². The quantitative estimate of drug-likeness (QED) is 0.252. The fourth-order valence-corrected chi connectivity index (χ4v) is 5.78. The summed E-state index contributed by atoms with van der Waals surface area (Å²) >= 11 is 0.529. The molecular weight excluding hydrogens is 594 g/mol. The first-order valence-corrected chi connectivity index (χ1v) is 13.4. The Morgan fingerprint density at radius 2 is 1.88 bits per heavy atom. The molecule has 218 valence electrons. The minimum atomic E-state index is -5.25. The van der Waals surface area contributed by atoms with Crippen molar-refractivity contribution >= 4 is 33.6 Å². The highest BCUT2D eigenvalue weighted by Crippen LogP contribution is 2.41. The topological polar surface area (TPSA) is 155 Å². The molecule has 10 nitrogen and oxygen atoms in total. The lowest BCUT2D eigenvalue weighted by Gasteiger charge is -2.23. The molecule has 2 heterocycles. The number of halogens is 6. The minimum Gasteiger partial charge on any atom is -0.550 e. The van der Waals surface area contributed by atoms with Gasteiger partial charge in [-0.05, 0) is 12.5 Å². The smallest absolute Gasteiger partial charge is 0.404 e. The molecule has 0 aliphatic carbocycles. The number of aromatic nitrogens is 3. The number of rotatable bonds is 11. The number of nitrogens with zero attached hydrogens (tertiary/aromatic N) is 3. The lowest BCUT2D eigenvalue weighted by molar-refractivity contribution is -0.317. The first kappa shape index (κ1) is 31.2. The third-order valence-corrected chi connectivity index (χ3v) is 8.16. The van der Waals surface area contributed by atoms with Crippen LogP contribution in [0.5, 0.6) is 0 Å². The number of carboxylic acids is 1. The molecule has 1 unspecified atom stereocenters. The van der Waals surface area contributed by atoms with Crippen LogP contribution in [0.2, 0.25) is 0 Å². The van der Waals surface area contributed by atoms with Crippen LogP contribution in [-0.2, 0) is 21.2 Å². The van der Waals surface area contributed by atoms with Gasteiger partial charge < -0.3 is 14.4 Å². The van der Waals surface area contributed by atoms with Gasteiger partial charge in [-0.3, -0.25) is 4.79 Å². The Bertz CT molecular complexity index is 1530. The van der Waals surface area contributed by atoms with E-state index < -0.39 is 74.0 Å². The number of hydrogen-bond acceptors (Lipinski definition) is 10. The Kier molecular flexibility index (Phi) is 8.76. The van der Waals surface area contributed by atoms with Crippen molar-refractivity contribution in [1.29, 1.82) is 0 Å². The van der Waals surface area contributed by atoms with Crippen molar-refractivity contribution in [2.45, 2.75) is 57.2 Å². The molecule has 0 aliphatic heterocycles. The summed E-state index contributed by atoms with van der Waals surface area (Å²) in [5, 5.41) is 14.7. The maximum Gasteiger partial charge on any atom is 0.404 e. The van der Waals surface area contributed by atoms with Gasteiger partial charge in [0.2, 0.25) is 21.7 Å². The Hall–Kier alpha value is -3.38. The third-order valence-electron chi connectivity index (χ3n) is 5.57. The number of aldehydes is 1. The summed E-state index contributed by atoms with van der Waals surface area (Å²) in [5.41, 5.74) is -4.03. The Morgan fingerprint density at radius 1 is 1.23 bits per heavy atom. The van der Waals surface area contributed by atoms with Gasteiger partial charge in [0.15, 0.2) is 17.1 Å². The van der Waals surface area contributed by atoms with Gasteiger partial charge in [0, 0.05) is 23.4 Å². The Labute approximate surface area is 226 Å². The van der Waals surface area contributed by atoms with Crippen LogP contribution in [0.3, 0.4) is 0 Å². The van der Waals surface area contributed by atoms with Crippen molar-refractivity contribution in [3.63, 3.8) is 0 Å². The molecule has 3 aromatic rings. The van der Waals surface area contributed by atoms with E-state index in [0.717, 1.165) is 6.92 Å². The van der Waals surface area contributed by atoms with Crippen LogP contribution in [0.1, 0.15) is 55.6 Å². The molecule has 0 bridgehead atoms. The second-order valence-corrected chi connectivity index (χ2v) is 11.7.